The van der Waals surface area contributed by atoms with E-state index in [2.05, 4.69) is 20.8 Å². The molecule has 4 N–H and O–H groups in total. The van der Waals surface area contributed by atoms with Crippen molar-refractivity contribution in [3.63, 3.8) is 0 Å². The highest BCUT2D eigenvalue weighted by atomic mass is 32.1. The van der Waals surface area contributed by atoms with Gasteiger partial charge >= 0.3 is 0 Å². The third kappa shape index (κ3) is 3.34. The number of hydrazine groups is 1. The van der Waals surface area contributed by atoms with E-state index in [-0.39, 0.29) is 0 Å². The molecule has 0 saturated heterocycles. The van der Waals surface area contributed by atoms with Crippen LogP contribution in [0.2, 0.25) is 0 Å². The molecule has 13 heavy (non-hydrogen) atoms. The lowest BCUT2D eigenvalue weighted by atomic mass is 10.4. The van der Waals surface area contributed by atoms with Gasteiger partial charge in [-0.15, -0.1) is 0 Å². The Bertz CT molecular complexity index is 282. The molecule has 0 amide bonds. The summed E-state index contributed by atoms with van der Waals surface area (Å²) in [6, 6.07) is 0. The number of hydrogen-bond donors (Lipinski definition) is 3. The van der Waals surface area contributed by atoms with Gasteiger partial charge in [-0.05, 0) is 12.2 Å². The van der Waals surface area contributed by atoms with Crippen molar-refractivity contribution in [1.82, 2.24) is 25.5 Å². The van der Waals surface area contributed by atoms with E-state index in [1.54, 1.807) is 11.0 Å². The molecule has 0 aliphatic rings. The second-order valence-corrected chi connectivity index (χ2v) is 2.89. The van der Waals surface area contributed by atoms with Gasteiger partial charge in [-0.25, -0.2) is 10.8 Å². The Morgan fingerprint density at radius 1 is 1.77 bits per heavy atom. The Morgan fingerprint density at radius 2 is 2.54 bits per heavy atom. The minimum Gasteiger partial charge on any atom is -0.361 e. The monoisotopic (exact) mass is 200 g/mol. The number of aromatic nitrogens is 3. The van der Waals surface area contributed by atoms with Gasteiger partial charge < -0.3 is 10.7 Å². The molecule has 0 aromatic carbocycles. The van der Waals surface area contributed by atoms with Crippen LogP contribution >= 0.6 is 12.2 Å². The van der Waals surface area contributed by atoms with E-state index in [1.165, 1.54) is 0 Å². The fourth-order valence-electron chi connectivity index (χ4n) is 0.837. The van der Waals surface area contributed by atoms with Gasteiger partial charge in [0.1, 0.15) is 6.33 Å². The van der Waals surface area contributed by atoms with E-state index in [1.807, 2.05) is 7.05 Å². The fraction of sp³-hybridized carbons (Fsp3) is 0.500. The summed E-state index contributed by atoms with van der Waals surface area (Å²) in [6.45, 7) is 0.674. The number of nitrogens with two attached hydrogens (primary N) is 1. The summed E-state index contributed by atoms with van der Waals surface area (Å²) in [7, 11) is 1.83. The number of nitrogens with one attached hydrogen (secondary N) is 2. The van der Waals surface area contributed by atoms with Crippen LogP contribution in [-0.4, -0.2) is 26.4 Å². The van der Waals surface area contributed by atoms with Crippen molar-refractivity contribution in [2.45, 2.75) is 6.42 Å². The second kappa shape index (κ2) is 4.73. The van der Waals surface area contributed by atoms with Crippen LogP contribution in [0.3, 0.4) is 0 Å². The van der Waals surface area contributed by atoms with E-state index in [9.17, 15) is 0 Å². The molecule has 0 atom stereocenters. The van der Waals surface area contributed by atoms with Crippen LogP contribution in [-0.2, 0) is 13.5 Å². The molecule has 7 heteroatoms. The van der Waals surface area contributed by atoms with Crippen molar-refractivity contribution in [3.05, 3.63) is 12.2 Å². The molecule has 0 spiro atoms. The molecule has 1 aromatic rings. The third-order valence-corrected chi connectivity index (χ3v) is 1.67. The van der Waals surface area contributed by atoms with Gasteiger partial charge in [0.2, 0.25) is 0 Å². The molecule has 0 aliphatic carbocycles. The van der Waals surface area contributed by atoms with E-state index in [0.29, 0.717) is 11.7 Å². The predicted molar refractivity (Wildman–Crippen MR) is 52.6 cm³/mol. The molecule has 0 bridgehead atoms. The predicted octanol–water partition coefficient (Wildman–Crippen LogP) is -1.30. The Balaban J connectivity index is 2.24. The topological polar surface area (TPSA) is 80.8 Å². The molecule has 0 radical (unpaired) electrons. The molecule has 0 saturated carbocycles. The van der Waals surface area contributed by atoms with Crippen molar-refractivity contribution < 1.29 is 0 Å². The quantitative estimate of drug-likeness (QED) is 0.319. The van der Waals surface area contributed by atoms with Crippen molar-refractivity contribution in [1.29, 1.82) is 0 Å². The highest BCUT2D eigenvalue weighted by Gasteiger charge is 1.98. The van der Waals surface area contributed by atoms with Gasteiger partial charge in [0, 0.05) is 20.0 Å². The lowest BCUT2D eigenvalue weighted by molar-refractivity contribution is 0.727. The molecule has 0 aliphatic heterocycles. The molecule has 72 valence electrons. The summed E-state index contributed by atoms with van der Waals surface area (Å²) in [5.41, 5.74) is 2.33. The maximum Gasteiger partial charge on any atom is 0.180 e. The van der Waals surface area contributed by atoms with Gasteiger partial charge in [-0.3, -0.25) is 4.68 Å². The molecule has 0 unspecified atom stereocenters. The Labute approximate surface area is 81.5 Å². The van der Waals surface area contributed by atoms with Crippen LogP contribution in [0, 0.1) is 0 Å². The first-order chi connectivity index (χ1) is 6.22. The normalized spacial score (nSPS) is 9.69. The van der Waals surface area contributed by atoms with Crippen LogP contribution in [0.25, 0.3) is 0 Å². The van der Waals surface area contributed by atoms with Crippen LogP contribution in [0.5, 0.6) is 0 Å². The Hall–Kier alpha value is -1.21. The second-order valence-electron chi connectivity index (χ2n) is 2.48. The van der Waals surface area contributed by atoms with Crippen molar-refractivity contribution in [2.75, 3.05) is 6.54 Å². The molecule has 1 aromatic heterocycles. The standard InChI is InChI=1S/C6H12N6S/c1-12-4-9-5(11-12)2-3-8-6(13)10-7/h4H,2-3,7H2,1H3,(H2,8,10,13). The molecule has 0 fully saturated rings. The zero-order valence-electron chi connectivity index (χ0n) is 7.32. The number of nitrogens with zero attached hydrogens (tertiary/aromatic N) is 3. The maximum atomic E-state index is 5.07. The number of thiocarbonyl (C=S) groups is 1. The van der Waals surface area contributed by atoms with E-state index >= 15 is 0 Å². The van der Waals surface area contributed by atoms with Crippen molar-refractivity contribution >= 4 is 17.3 Å². The summed E-state index contributed by atoms with van der Waals surface area (Å²) in [5.74, 6) is 5.85. The van der Waals surface area contributed by atoms with Crippen molar-refractivity contribution in [3.8, 4) is 0 Å². The van der Waals surface area contributed by atoms with Gasteiger partial charge in [0.05, 0.1) is 0 Å². The lowest BCUT2D eigenvalue weighted by Crippen LogP contribution is -2.40. The van der Waals surface area contributed by atoms with Crippen LogP contribution in [0.1, 0.15) is 5.82 Å². The van der Waals surface area contributed by atoms with Crippen LogP contribution < -0.4 is 16.6 Å². The maximum absolute atomic E-state index is 5.07. The highest BCUT2D eigenvalue weighted by Crippen LogP contribution is 1.87. The molecule has 6 nitrogen and oxygen atoms in total. The Kier molecular flexibility index (Phi) is 3.59. The minimum absolute atomic E-state index is 0.427. The third-order valence-electron chi connectivity index (χ3n) is 1.41. The zero-order chi connectivity index (χ0) is 9.68. The summed E-state index contributed by atoms with van der Waals surface area (Å²) in [4.78, 5) is 4.06. The van der Waals surface area contributed by atoms with Crippen LogP contribution in [0.4, 0.5) is 0 Å². The number of aryl methyl sites for hydroxylation is 1. The fourth-order valence-corrected chi connectivity index (χ4v) is 0.939. The smallest absolute Gasteiger partial charge is 0.180 e. The van der Waals surface area contributed by atoms with E-state index in [0.717, 1.165) is 12.2 Å². The summed E-state index contributed by atoms with van der Waals surface area (Å²) in [5, 5.41) is 7.43. The van der Waals surface area contributed by atoms with Gasteiger partial charge in [-0.2, -0.15) is 5.10 Å². The summed E-state index contributed by atoms with van der Waals surface area (Å²) in [6.07, 6.45) is 2.39. The number of hydrogen-bond acceptors (Lipinski definition) is 4. The SMILES string of the molecule is Cn1cnc(CCNC(=S)NN)n1. The van der Waals surface area contributed by atoms with E-state index in [4.69, 9.17) is 18.1 Å². The lowest BCUT2D eigenvalue weighted by Gasteiger charge is -2.03. The first kappa shape index (κ1) is 9.87. The van der Waals surface area contributed by atoms with Gasteiger partial charge in [0.15, 0.2) is 10.9 Å². The average molecular weight is 200 g/mol. The molecular weight excluding hydrogens is 188 g/mol. The van der Waals surface area contributed by atoms with E-state index < -0.39 is 0 Å². The summed E-state index contributed by atoms with van der Waals surface area (Å²) >= 11 is 4.78. The van der Waals surface area contributed by atoms with Gasteiger partial charge in [-0.1, -0.05) is 0 Å². The minimum atomic E-state index is 0.427. The first-order valence-corrected chi connectivity index (χ1v) is 4.22. The zero-order valence-corrected chi connectivity index (χ0v) is 8.14. The number of rotatable bonds is 3. The molecule has 1 heterocycles. The molecular formula is C6H12N6S. The summed E-state index contributed by atoms with van der Waals surface area (Å²) < 4.78 is 1.66. The van der Waals surface area contributed by atoms with Crippen molar-refractivity contribution in [2.24, 2.45) is 12.9 Å². The first-order valence-electron chi connectivity index (χ1n) is 3.81. The average Bonchev–Trinajstić information content (AvgIpc) is 2.51. The Morgan fingerprint density at radius 3 is 3.08 bits per heavy atom. The largest absolute Gasteiger partial charge is 0.361 e. The molecule has 1 rings (SSSR count). The van der Waals surface area contributed by atoms with Crippen LogP contribution in [0.15, 0.2) is 6.33 Å². The van der Waals surface area contributed by atoms with Gasteiger partial charge in [0.25, 0.3) is 0 Å². The highest BCUT2D eigenvalue weighted by molar-refractivity contribution is 7.80.